The van der Waals surface area contributed by atoms with E-state index in [9.17, 15) is 0 Å². The molecule has 1 aromatic carbocycles. The van der Waals surface area contributed by atoms with Crippen LogP contribution in [0.2, 0.25) is 0 Å². The Morgan fingerprint density at radius 1 is 1.29 bits per heavy atom. The highest BCUT2D eigenvalue weighted by Crippen LogP contribution is 2.33. The summed E-state index contributed by atoms with van der Waals surface area (Å²) >= 11 is 0. The van der Waals surface area contributed by atoms with E-state index in [1.165, 1.54) is 11.1 Å². The van der Waals surface area contributed by atoms with Gasteiger partial charge in [0.15, 0.2) is 5.96 Å². The summed E-state index contributed by atoms with van der Waals surface area (Å²) in [4.78, 5) is 11.5. The Labute approximate surface area is 167 Å². The molecule has 0 bridgehead atoms. The Balaban J connectivity index is 1.45. The maximum absolute atomic E-state index is 4.62. The first-order valence-corrected chi connectivity index (χ1v) is 10.1. The number of aryl methyl sites for hydroxylation is 2. The average Bonchev–Trinajstić information content (AvgIpc) is 3.25. The lowest BCUT2D eigenvalue weighted by atomic mass is 9.94. The summed E-state index contributed by atoms with van der Waals surface area (Å²) in [5.41, 5.74) is 2.97. The number of nitrogens with zero attached hydrogens (tertiary/aromatic N) is 5. The smallest absolute Gasteiger partial charge is 0.191 e. The first-order chi connectivity index (χ1) is 13.5. The van der Waals surface area contributed by atoms with E-state index in [1.807, 2.05) is 18.7 Å². The summed E-state index contributed by atoms with van der Waals surface area (Å²) < 4.78 is 2.03. The van der Waals surface area contributed by atoms with Crippen molar-refractivity contribution in [3.8, 4) is 0 Å². The molecule has 0 amide bonds. The van der Waals surface area contributed by atoms with Crippen LogP contribution >= 0.6 is 0 Å². The van der Waals surface area contributed by atoms with Crippen LogP contribution in [0.5, 0.6) is 0 Å². The summed E-state index contributed by atoms with van der Waals surface area (Å²) in [6.07, 6.45) is 4.25. The number of aromatic nitrogens is 3. The van der Waals surface area contributed by atoms with E-state index in [2.05, 4.69) is 69.0 Å². The van der Waals surface area contributed by atoms with Crippen molar-refractivity contribution in [1.29, 1.82) is 0 Å². The first-order valence-electron chi connectivity index (χ1n) is 10.1. The van der Waals surface area contributed by atoms with Gasteiger partial charge >= 0.3 is 0 Å². The van der Waals surface area contributed by atoms with E-state index in [1.54, 1.807) is 0 Å². The van der Waals surface area contributed by atoms with Crippen molar-refractivity contribution in [2.24, 2.45) is 4.99 Å². The fourth-order valence-corrected chi connectivity index (χ4v) is 4.49. The molecule has 1 aliphatic carbocycles. The van der Waals surface area contributed by atoms with Crippen LogP contribution in [0.4, 0.5) is 0 Å². The molecule has 7 heteroatoms. The predicted molar refractivity (Wildman–Crippen MR) is 111 cm³/mol. The molecule has 2 heterocycles. The van der Waals surface area contributed by atoms with Crippen LogP contribution in [-0.4, -0.2) is 58.9 Å². The molecule has 28 heavy (non-hydrogen) atoms. The lowest BCUT2D eigenvalue weighted by Gasteiger charge is -2.37. The molecular weight excluding hydrogens is 350 g/mol. The van der Waals surface area contributed by atoms with Crippen molar-refractivity contribution in [2.75, 3.05) is 27.7 Å². The topological polar surface area (TPSA) is 70.4 Å². The third-order valence-electron chi connectivity index (χ3n) is 6.21. The monoisotopic (exact) mass is 381 g/mol. The molecule has 150 valence electrons. The SMILES string of the molecule is CN=C(NCC1(N(C)C)Cc2ccccc2C1)NC1CCCn2nc(C)nc21. The summed E-state index contributed by atoms with van der Waals surface area (Å²) in [7, 11) is 6.19. The van der Waals surface area contributed by atoms with E-state index in [4.69, 9.17) is 0 Å². The number of rotatable bonds is 4. The minimum Gasteiger partial charge on any atom is -0.355 e. The fraction of sp³-hybridized carbons (Fsp3) is 0.571. The lowest BCUT2D eigenvalue weighted by molar-refractivity contribution is 0.164. The number of hydrogen-bond donors (Lipinski definition) is 2. The highest BCUT2D eigenvalue weighted by molar-refractivity contribution is 5.80. The molecule has 2 aliphatic rings. The Morgan fingerprint density at radius 3 is 2.64 bits per heavy atom. The zero-order valence-corrected chi connectivity index (χ0v) is 17.4. The third kappa shape index (κ3) is 3.51. The highest BCUT2D eigenvalue weighted by atomic mass is 15.4. The van der Waals surface area contributed by atoms with Gasteiger partial charge in [-0.3, -0.25) is 4.99 Å². The molecular formula is C21H31N7. The minimum atomic E-state index is 0.0600. The molecule has 0 saturated carbocycles. The maximum Gasteiger partial charge on any atom is 0.191 e. The molecule has 0 radical (unpaired) electrons. The molecule has 2 N–H and O–H groups in total. The second kappa shape index (κ2) is 7.54. The van der Waals surface area contributed by atoms with Gasteiger partial charge in [0.25, 0.3) is 0 Å². The summed E-state index contributed by atoms with van der Waals surface area (Å²) in [5, 5.41) is 11.7. The predicted octanol–water partition coefficient (Wildman–Crippen LogP) is 1.69. The van der Waals surface area contributed by atoms with Crippen LogP contribution in [0.3, 0.4) is 0 Å². The van der Waals surface area contributed by atoms with Crippen molar-refractivity contribution in [3.63, 3.8) is 0 Å². The summed E-state index contributed by atoms with van der Waals surface area (Å²) in [5.74, 6) is 2.68. The Morgan fingerprint density at radius 2 is 2.00 bits per heavy atom. The highest BCUT2D eigenvalue weighted by Gasteiger charge is 2.39. The molecule has 0 fully saturated rings. The lowest BCUT2D eigenvalue weighted by Crippen LogP contribution is -2.55. The quantitative estimate of drug-likeness (QED) is 0.623. The zero-order chi connectivity index (χ0) is 19.7. The first kappa shape index (κ1) is 18.9. The maximum atomic E-state index is 4.62. The van der Waals surface area contributed by atoms with Crippen LogP contribution in [0.1, 0.15) is 41.7 Å². The largest absolute Gasteiger partial charge is 0.355 e. The van der Waals surface area contributed by atoms with Gasteiger partial charge in [-0.2, -0.15) is 5.10 Å². The number of nitrogens with one attached hydrogen (secondary N) is 2. The van der Waals surface area contributed by atoms with Gasteiger partial charge in [0.1, 0.15) is 11.6 Å². The number of hydrogen-bond acceptors (Lipinski definition) is 4. The number of guanidine groups is 1. The van der Waals surface area contributed by atoms with Crippen LogP contribution in [-0.2, 0) is 19.4 Å². The second-order valence-electron chi connectivity index (χ2n) is 8.25. The minimum absolute atomic E-state index is 0.0600. The molecule has 1 aliphatic heterocycles. The molecule has 2 aromatic rings. The average molecular weight is 382 g/mol. The van der Waals surface area contributed by atoms with Gasteiger partial charge in [-0.25, -0.2) is 9.67 Å². The second-order valence-corrected chi connectivity index (χ2v) is 8.25. The number of likely N-dealkylation sites (N-methyl/N-ethyl adjacent to an activating group) is 1. The summed E-state index contributed by atoms with van der Waals surface area (Å²) in [6.45, 7) is 3.74. The number of aliphatic imine (C=N–C) groups is 1. The van der Waals surface area contributed by atoms with E-state index in [0.717, 1.165) is 56.4 Å². The standard InChI is InChI=1S/C21H31N7/c1-15-24-19-18(10-7-11-28(19)26-15)25-20(22-2)23-14-21(27(3)4)12-16-8-5-6-9-17(16)13-21/h5-6,8-9,18H,7,10-14H2,1-4H3,(H2,22,23,25). The van der Waals surface area contributed by atoms with Crippen LogP contribution < -0.4 is 10.6 Å². The fourth-order valence-electron chi connectivity index (χ4n) is 4.49. The van der Waals surface area contributed by atoms with Crippen molar-refractivity contribution in [3.05, 3.63) is 47.0 Å². The Hall–Kier alpha value is -2.41. The van der Waals surface area contributed by atoms with Gasteiger partial charge in [0, 0.05) is 25.7 Å². The Bertz CT molecular complexity index is 842. The third-order valence-corrected chi connectivity index (χ3v) is 6.21. The van der Waals surface area contributed by atoms with Gasteiger partial charge in [-0.05, 0) is 57.8 Å². The molecule has 1 atom stereocenters. The number of fused-ring (bicyclic) bond motifs is 2. The van der Waals surface area contributed by atoms with Crippen molar-refractivity contribution in [2.45, 2.75) is 50.7 Å². The van der Waals surface area contributed by atoms with Gasteiger partial charge in [0.2, 0.25) is 0 Å². The molecule has 0 saturated heterocycles. The van der Waals surface area contributed by atoms with Crippen molar-refractivity contribution < 1.29 is 0 Å². The normalized spacial score (nSPS) is 20.8. The van der Waals surface area contributed by atoms with E-state index >= 15 is 0 Å². The Kier molecular flexibility index (Phi) is 5.10. The van der Waals surface area contributed by atoms with E-state index in [-0.39, 0.29) is 11.6 Å². The van der Waals surface area contributed by atoms with Gasteiger partial charge in [-0.15, -0.1) is 0 Å². The molecule has 1 unspecified atom stereocenters. The van der Waals surface area contributed by atoms with Gasteiger partial charge in [0.05, 0.1) is 6.04 Å². The molecule has 7 nitrogen and oxygen atoms in total. The van der Waals surface area contributed by atoms with Gasteiger partial charge < -0.3 is 15.5 Å². The van der Waals surface area contributed by atoms with Crippen molar-refractivity contribution in [1.82, 2.24) is 30.3 Å². The molecule has 1 aromatic heterocycles. The van der Waals surface area contributed by atoms with E-state index < -0.39 is 0 Å². The van der Waals surface area contributed by atoms with Crippen LogP contribution in [0, 0.1) is 6.92 Å². The van der Waals surface area contributed by atoms with Crippen LogP contribution in [0.15, 0.2) is 29.3 Å². The molecule has 0 spiro atoms. The van der Waals surface area contributed by atoms with Gasteiger partial charge in [-0.1, -0.05) is 24.3 Å². The van der Waals surface area contributed by atoms with Crippen molar-refractivity contribution >= 4 is 5.96 Å². The molecule has 4 rings (SSSR count). The zero-order valence-electron chi connectivity index (χ0n) is 17.4. The summed E-state index contributed by atoms with van der Waals surface area (Å²) in [6, 6.07) is 8.94. The number of benzene rings is 1. The van der Waals surface area contributed by atoms with E-state index in [0.29, 0.717) is 0 Å². The van der Waals surface area contributed by atoms with Crippen LogP contribution in [0.25, 0.3) is 0 Å².